The number of hydrogen-bond donors (Lipinski definition) is 0. The predicted octanol–water partition coefficient (Wildman–Crippen LogP) is 6.22. The number of rotatable bonds is 16. The van der Waals surface area contributed by atoms with Crippen molar-refractivity contribution >= 4 is 11.9 Å². The highest BCUT2D eigenvalue weighted by atomic mass is 16.6. The SMILES string of the molecule is CCCCc1c(C(=O)OC)nnc(C(=O)OC)c1[C@@H]1O[C@H](COCc2ccccc2)[C@@H](OCc2ccccc2)[C@H]1OCc1ccccc1. The summed E-state index contributed by atoms with van der Waals surface area (Å²) in [6, 6.07) is 29.5. The van der Waals surface area contributed by atoms with Gasteiger partial charge >= 0.3 is 11.9 Å². The van der Waals surface area contributed by atoms with E-state index in [1.54, 1.807) is 0 Å². The molecule has 0 unspecified atom stereocenters. The number of esters is 2. The molecule has 4 atom stereocenters. The summed E-state index contributed by atoms with van der Waals surface area (Å²) in [6.45, 7) is 3.12. The lowest BCUT2D eigenvalue weighted by molar-refractivity contribution is -0.0898. The van der Waals surface area contributed by atoms with Gasteiger partial charge in [0.25, 0.3) is 0 Å². The standard InChI is InChI=1S/C38H42N2O8/c1-4-5-21-29-31(33(38(42)44-3)40-39-32(29)37(41)43-2)35-36(47-24-28-19-13-8-14-20-28)34(46-23-27-17-11-7-12-18-27)30(48-35)25-45-22-26-15-9-6-10-16-26/h6-20,30,34-36H,4-5,21-25H2,1-3H3/t30-,34-,35+,36-/m1/s1. The largest absolute Gasteiger partial charge is 0.464 e. The molecule has 5 rings (SSSR count). The van der Waals surface area contributed by atoms with Gasteiger partial charge in [0.05, 0.1) is 40.6 Å². The van der Waals surface area contributed by atoms with Crippen LogP contribution in [0.1, 0.15) is 74.7 Å². The van der Waals surface area contributed by atoms with Gasteiger partial charge in [0.1, 0.15) is 24.4 Å². The molecular weight excluding hydrogens is 612 g/mol. The maximum Gasteiger partial charge on any atom is 0.358 e. The average molecular weight is 655 g/mol. The fraction of sp³-hybridized carbons (Fsp3) is 0.368. The molecule has 0 spiro atoms. The van der Waals surface area contributed by atoms with E-state index in [2.05, 4.69) is 10.2 Å². The maximum atomic E-state index is 13.3. The minimum Gasteiger partial charge on any atom is -0.464 e. The van der Waals surface area contributed by atoms with Gasteiger partial charge in [-0.15, -0.1) is 10.2 Å². The summed E-state index contributed by atoms with van der Waals surface area (Å²) in [6.07, 6.45) is -0.906. The van der Waals surface area contributed by atoms with Crippen LogP contribution in [0.25, 0.3) is 0 Å². The monoisotopic (exact) mass is 654 g/mol. The minimum absolute atomic E-state index is 0.0181. The van der Waals surface area contributed by atoms with Crippen LogP contribution in [0.15, 0.2) is 91.0 Å². The van der Waals surface area contributed by atoms with Crippen molar-refractivity contribution in [1.29, 1.82) is 0 Å². The first-order valence-corrected chi connectivity index (χ1v) is 16.2. The Balaban J connectivity index is 1.59. The molecule has 1 saturated heterocycles. The molecule has 1 fully saturated rings. The number of carbonyl (C=O) groups is 2. The smallest absolute Gasteiger partial charge is 0.358 e. The molecule has 1 aliphatic heterocycles. The Labute approximate surface area is 281 Å². The van der Waals surface area contributed by atoms with Crippen LogP contribution < -0.4 is 0 Å². The summed E-state index contributed by atoms with van der Waals surface area (Å²) in [5.41, 5.74) is 3.79. The van der Waals surface area contributed by atoms with E-state index < -0.39 is 36.4 Å². The van der Waals surface area contributed by atoms with Crippen LogP contribution in [-0.4, -0.2) is 61.3 Å². The Morgan fingerprint density at radius 3 is 1.73 bits per heavy atom. The van der Waals surface area contributed by atoms with Gasteiger partial charge in [-0.3, -0.25) is 0 Å². The number of aromatic nitrogens is 2. The van der Waals surface area contributed by atoms with Crippen LogP contribution in [0.2, 0.25) is 0 Å². The number of methoxy groups -OCH3 is 2. The number of hydrogen-bond acceptors (Lipinski definition) is 10. The molecule has 1 aliphatic rings. The molecule has 1 aromatic heterocycles. The second-order valence-electron chi connectivity index (χ2n) is 11.5. The number of benzene rings is 3. The molecular formula is C38H42N2O8. The number of ether oxygens (including phenoxy) is 6. The van der Waals surface area contributed by atoms with Crippen molar-refractivity contribution in [1.82, 2.24) is 10.2 Å². The Morgan fingerprint density at radius 1 is 0.688 bits per heavy atom. The van der Waals surface area contributed by atoms with Gasteiger partial charge in [-0.2, -0.15) is 0 Å². The van der Waals surface area contributed by atoms with E-state index in [-0.39, 0.29) is 31.2 Å². The quantitative estimate of drug-likeness (QED) is 0.129. The van der Waals surface area contributed by atoms with Crippen LogP contribution in [-0.2, 0) is 54.7 Å². The summed E-state index contributed by atoms with van der Waals surface area (Å²) >= 11 is 0. The molecule has 0 saturated carbocycles. The number of carbonyl (C=O) groups excluding carboxylic acids is 2. The van der Waals surface area contributed by atoms with Gasteiger partial charge in [-0.1, -0.05) is 104 Å². The summed E-state index contributed by atoms with van der Waals surface area (Å²) in [5.74, 6) is -1.37. The third kappa shape index (κ3) is 8.70. The van der Waals surface area contributed by atoms with Crippen LogP contribution in [0.5, 0.6) is 0 Å². The highest BCUT2D eigenvalue weighted by Gasteiger charge is 2.50. The van der Waals surface area contributed by atoms with E-state index in [0.29, 0.717) is 30.6 Å². The van der Waals surface area contributed by atoms with Crippen molar-refractivity contribution in [3.63, 3.8) is 0 Å². The van der Waals surface area contributed by atoms with E-state index in [1.165, 1.54) is 14.2 Å². The fourth-order valence-corrected chi connectivity index (χ4v) is 5.78. The van der Waals surface area contributed by atoms with Crippen molar-refractivity contribution in [2.45, 2.75) is 70.4 Å². The Bertz CT molecular complexity index is 1600. The predicted molar refractivity (Wildman–Crippen MR) is 177 cm³/mol. The van der Waals surface area contributed by atoms with Crippen molar-refractivity contribution in [2.24, 2.45) is 0 Å². The molecule has 48 heavy (non-hydrogen) atoms. The lowest BCUT2D eigenvalue weighted by Gasteiger charge is -2.27. The molecule has 10 heteroatoms. The maximum absolute atomic E-state index is 13.3. The van der Waals surface area contributed by atoms with E-state index >= 15 is 0 Å². The molecule has 0 N–H and O–H groups in total. The lowest BCUT2D eigenvalue weighted by Crippen LogP contribution is -2.38. The zero-order valence-corrected chi connectivity index (χ0v) is 27.6. The zero-order valence-electron chi connectivity index (χ0n) is 27.6. The normalized spacial score (nSPS) is 18.8. The van der Waals surface area contributed by atoms with E-state index in [0.717, 1.165) is 23.1 Å². The van der Waals surface area contributed by atoms with Gasteiger partial charge in [0.15, 0.2) is 11.4 Å². The highest BCUT2D eigenvalue weighted by molar-refractivity contribution is 5.93. The summed E-state index contributed by atoms with van der Waals surface area (Å²) in [7, 11) is 2.56. The molecule has 4 aromatic rings. The highest BCUT2D eigenvalue weighted by Crippen LogP contribution is 2.42. The topological polar surface area (TPSA) is 115 Å². The summed E-state index contributed by atoms with van der Waals surface area (Å²) in [5, 5.41) is 8.34. The van der Waals surface area contributed by atoms with Crippen LogP contribution in [0.4, 0.5) is 0 Å². The average Bonchev–Trinajstić information content (AvgIpc) is 3.48. The first-order valence-electron chi connectivity index (χ1n) is 16.2. The molecule has 252 valence electrons. The summed E-state index contributed by atoms with van der Waals surface area (Å²) in [4.78, 5) is 26.3. The minimum atomic E-state index is -0.889. The van der Waals surface area contributed by atoms with Crippen molar-refractivity contribution in [3.05, 3.63) is 130 Å². The molecule has 3 aromatic carbocycles. The third-order valence-electron chi connectivity index (χ3n) is 8.21. The van der Waals surface area contributed by atoms with Crippen molar-refractivity contribution in [2.75, 3.05) is 20.8 Å². The zero-order chi connectivity index (χ0) is 33.7. The molecule has 2 heterocycles. The van der Waals surface area contributed by atoms with Gasteiger partial charge in [-0.25, -0.2) is 9.59 Å². The second-order valence-corrected chi connectivity index (χ2v) is 11.5. The second kappa shape index (κ2) is 17.6. The fourth-order valence-electron chi connectivity index (χ4n) is 5.78. The number of nitrogens with zero attached hydrogens (tertiary/aromatic N) is 2. The van der Waals surface area contributed by atoms with Gasteiger partial charge in [0, 0.05) is 5.56 Å². The lowest BCUT2D eigenvalue weighted by atomic mass is 9.91. The van der Waals surface area contributed by atoms with Crippen LogP contribution in [0.3, 0.4) is 0 Å². The molecule has 0 radical (unpaired) electrons. The van der Waals surface area contributed by atoms with E-state index in [9.17, 15) is 9.59 Å². The van der Waals surface area contributed by atoms with Crippen LogP contribution in [0, 0.1) is 0 Å². The van der Waals surface area contributed by atoms with Crippen LogP contribution >= 0.6 is 0 Å². The molecule has 0 amide bonds. The first-order chi connectivity index (χ1) is 23.5. The van der Waals surface area contributed by atoms with Crippen molar-refractivity contribution < 1.29 is 38.0 Å². The van der Waals surface area contributed by atoms with Gasteiger partial charge in [-0.05, 0) is 35.1 Å². The molecule has 0 aliphatic carbocycles. The Hall–Kier alpha value is -4.48. The molecule has 10 nitrogen and oxygen atoms in total. The van der Waals surface area contributed by atoms with Gasteiger partial charge < -0.3 is 28.4 Å². The summed E-state index contributed by atoms with van der Waals surface area (Å²) < 4.78 is 36.6. The first kappa shape index (κ1) is 34.8. The van der Waals surface area contributed by atoms with Gasteiger partial charge in [0.2, 0.25) is 0 Å². The number of unbranched alkanes of at least 4 members (excludes halogenated alkanes) is 1. The van der Waals surface area contributed by atoms with Crippen molar-refractivity contribution in [3.8, 4) is 0 Å². The Morgan fingerprint density at radius 2 is 1.19 bits per heavy atom. The van der Waals surface area contributed by atoms with E-state index in [4.69, 9.17) is 28.4 Å². The third-order valence-corrected chi connectivity index (χ3v) is 8.21. The molecule has 0 bridgehead atoms. The van der Waals surface area contributed by atoms with E-state index in [1.807, 2.05) is 97.9 Å². The Kier molecular flexibility index (Phi) is 12.8.